The highest BCUT2D eigenvalue weighted by Crippen LogP contribution is 2.34. The lowest BCUT2D eigenvalue weighted by atomic mass is 10.0. The first-order valence-electron chi connectivity index (χ1n) is 4.07. The zero-order chi connectivity index (χ0) is 10.7. The van der Waals surface area contributed by atoms with Gasteiger partial charge in [-0.1, -0.05) is 23.2 Å². The van der Waals surface area contributed by atoms with Crippen molar-refractivity contribution in [3.63, 3.8) is 0 Å². The van der Waals surface area contributed by atoms with Crippen molar-refractivity contribution in [3.8, 4) is 5.75 Å². The first-order valence-corrected chi connectivity index (χ1v) is 4.82. The minimum atomic E-state index is -0.296. The molecule has 4 heteroatoms. The fraction of sp³-hybridized carbons (Fsp3) is 0.300. The quantitative estimate of drug-likeness (QED) is 0.871. The van der Waals surface area contributed by atoms with E-state index in [1.165, 1.54) is 0 Å². The van der Waals surface area contributed by atoms with Gasteiger partial charge in [0.05, 0.1) is 17.2 Å². The molecule has 0 amide bonds. The average molecular weight is 234 g/mol. The smallest absolute Gasteiger partial charge is 0.120 e. The van der Waals surface area contributed by atoms with E-state index in [4.69, 9.17) is 33.0 Å². The van der Waals surface area contributed by atoms with Gasteiger partial charge in [0.2, 0.25) is 0 Å². The first-order chi connectivity index (χ1) is 6.60. The van der Waals surface area contributed by atoms with Gasteiger partial charge in [0.25, 0.3) is 0 Å². The van der Waals surface area contributed by atoms with Crippen LogP contribution in [0.15, 0.2) is 12.1 Å². The van der Waals surface area contributed by atoms with Crippen LogP contribution in [0.3, 0.4) is 0 Å². The third-order valence-corrected chi connectivity index (χ3v) is 2.74. The standard InChI is InChI=1S/C10H11Cl2O2/c1-6(5-13)8-3-7(14-2)4-9(11)10(8)12/h3-4,6,13H,1,5H2,2H3. The molecule has 1 radical (unpaired) electrons. The largest absolute Gasteiger partial charge is 0.497 e. The molecule has 0 aliphatic rings. The second-order valence-electron chi connectivity index (χ2n) is 2.89. The number of rotatable bonds is 3. The number of hydrogen-bond donors (Lipinski definition) is 1. The molecule has 1 aromatic rings. The molecule has 2 nitrogen and oxygen atoms in total. The van der Waals surface area contributed by atoms with Crippen molar-refractivity contribution in [2.75, 3.05) is 13.7 Å². The molecule has 1 unspecified atom stereocenters. The second kappa shape index (κ2) is 4.87. The zero-order valence-electron chi connectivity index (χ0n) is 7.76. The van der Waals surface area contributed by atoms with E-state index >= 15 is 0 Å². The minimum absolute atomic E-state index is 0.0801. The van der Waals surface area contributed by atoms with Gasteiger partial charge in [-0.05, 0) is 18.6 Å². The van der Waals surface area contributed by atoms with Crippen LogP contribution in [0.25, 0.3) is 0 Å². The molecule has 1 rings (SSSR count). The zero-order valence-corrected chi connectivity index (χ0v) is 9.27. The highest BCUT2D eigenvalue weighted by Gasteiger charge is 2.13. The molecule has 0 aliphatic heterocycles. The van der Waals surface area contributed by atoms with E-state index in [2.05, 4.69) is 6.92 Å². The van der Waals surface area contributed by atoms with Gasteiger partial charge in [0, 0.05) is 18.6 Å². The predicted molar refractivity (Wildman–Crippen MR) is 58.2 cm³/mol. The summed E-state index contributed by atoms with van der Waals surface area (Å²) in [5.41, 5.74) is 0.693. The third-order valence-electron chi connectivity index (χ3n) is 1.93. The van der Waals surface area contributed by atoms with Crippen molar-refractivity contribution in [1.29, 1.82) is 0 Å². The van der Waals surface area contributed by atoms with Crippen molar-refractivity contribution >= 4 is 23.2 Å². The van der Waals surface area contributed by atoms with E-state index in [1.807, 2.05) is 0 Å². The van der Waals surface area contributed by atoms with Gasteiger partial charge in [0.1, 0.15) is 5.75 Å². The Labute approximate surface area is 93.4 Å². The van der Waals surface area contributed by atoms with Crippen molar-refractivity contribution in [3.05, 3.63) is 34.7 Å². The predicted octanol–water partition coefficient (Wildman–Crippen LogP) is 2.91. The Morgan fingerprint density at radius 2 is 2.14 bits per heavy atom. The summed E-state index contributed by atoms with van der Waals surface area (Å²) < 4.78 is 5.03. The first kappa shape index (κ1) is 11.6. The summed E-state index contributed by atoms with van der Waals surface area (Å²) in [4.78, 5) is 0. The summed E-state index contributed by atoms with van der Waals surface area (Å²) >= 11 is 11.8. The van der Waals surface area contributed by atoms with Crippen molar-refractivity contribution in [2.45, 2.75) is 5.92 Å². The van der Waals surface area contributed by atoms with Gasteiger partial charge in [-0.2, -0.15) is 0 Å². The van der Waals surface area contributed by atoms with E-state index in [9.17, 15) is 0 Å². The maximum atomic E-state index is 8.96. The molecule has 0 saturated carbocycles. The summed E-state index contributed by atoms with van der Waals surface area (Å²) in [7, 11) is 1.54. The fourth-order valence-corrected chi connectivity index (χ4v) is 1.58. The molecule has 0 fully saturated rings. The van der Waals surface area contributed by atoms with Crippen LogP contribution in [0.4, 0.5) is 0 Å². The lowest BCUT2D eigenvalue weighted by Gasteiger charge is -2.13. The molecule has 1 aromatic carbocycles. The summed E-state index contributed by atoms with van der Waals surface area (Å²) in [5.74, 6) is 0.312. The number of ether oxygens (including phenoxy) is 1. The molecular formula is C10H11Cl2O2. The number of halogens is 2. The van der Waals surface area contributed by atoms with E-state index in [1.54, 1.807) is 19.2 Å². The highest BCUT2D eigenvalue weighted by molar-refractivity contribution is 6.42. The normalized spacial score (nSPS) is 12.6. The lowest BCUT2D eigenvalue weighted by molar-refractivity contribution is 0.282. The second-order valence-corrected chi connectivity index (χ2v) is 3.68. The molecule has 14 heavy (non-hydrogen) atoms. The number of aliphatic hydroxyl groups is 1. The minimum Gasteiger partial charge on any atom is -0.497 e. The van der Waals surface area contributed by atoms with E-state index in [0.717, 1.165) is 0 Å². The SMILES string of the molecule is [CH2]C(CO)c1cc(OC)cc(Cl)c1Cl. The Morgan fingerprint density at radius 1 is 1.50 bits per heavy atom. The van der Waals surface area contributed by atoms with Gasteiger partial charge in [0.15, 0.2) is 0 Å². The topological polar surface area (TPSA) is 29.5 Å². The van der Waals surface area contributed by atoms with Gasteiger partial charge >= 0.3 is 0 Å². The van der Waals surface area contributed by atoms with E-state index < -0.39 is 0 Å². The third kappa shape index (κ3) is 2.32. The number of benzene rings is 1. The van der Waals surface area contributed by atoms with Gasteiger partial charge in [-0.15, -0.1) is 0 Å². The summed E-state index contributed by atoms with van der Waals surface area (Å²) in [6.45, 7) is 3.68. The molecular weight excluding hydrogens is 223 g/mol. The molecule has 1 N–H and O–H groups in total. The molecule has 77 valence electrons. The van der Waals surface area contributed by atoms with Gasteiger partial charge in [-0.3, -0.25) is 0 Å². The Bertz CT molecular complexity index is 326. The van der Waals surface area contributed by atoms with Crippen LogP contribution >= 0.6 is 23.2 Å². The van der Waals surface area contributed by atoms with E-state index in [-0.39, 0.29) is 12.5 Å². The Hall–Kier alpha value is -0.440. The molecule has 0 bridgehead atoms. The van der Waals surface area contributed by atoms with Crippen molar-refractivity contribution < 1.29 is 9.84 Å². The molecule has 0 spiro atoms. The number of aliphatic hydroxyl groups excluding tert-OH is 1. The average Bonchev–Trinajstić information content (AvgIpc) is 2.20. The molecule has 1 atom stereocenters. The highest BCUT2D eigenvalue weighted by atomic mass is 35.5. The maximum Gasteiger partial charge on any atom is 0.120 e. The summed E-state index contributed by atoms with van der Waals surface area (Å²) in [6, 6.07) is 3.35. The van der Waals surface area contributed by atoms with Crippen LogP contribution in [-0.4, -0.2) is 18.8 Å². The maximum absolute atomic E-state index is 8.96. The van der Waals surface area contributed by atoms with Crippen LogP contribution in [-0.2, 0) is 0 Å². The van der Waals surface area contributed by atoms with Gasteiger partial charge < -0.3 is 9.84 Å². The number of methoxy groups -OCH3 is 1. The van der Waals surface area contributed by atoms with Crippen LogP contribution in [0.2, 0.25) is 10.0 Å². The van der Waals surface area contributed by atoms with Crippen molar-refractivity contribution in [2.24, 2.45) is 0 Å². The Kier molecular flexibility index (Phi) is 4.05. The summed E-state index contributed by atoms with van der Waals surface area (Å²) in [5, 5.41) is 9.79. The van der Waals surface area contributed by atoms with Gasteiger partial charge in [-0.25, -0.2) is 0 Å². The van der Waals surface area contributed by atoms with Crippen LogP contribution in [0, 0.1) is 6.92 Å². The lowest BCUT2D eigenvalue weighted by Crippen LogP contribution is -2.01. The fourth-order valence-electron chi connectivity index (χ4n) is 1.10. The molecule has 0 aliphatic carbocycles. The van der Waals surface area contributed by atoms with Crippen LogP contribution in [0.5, 0.6) is 5.75 Å². The summed E-state index contributed by atoms with van der Waals surface area (Å²) in [6.07, 6.45) is 0. The Balaban J connectivity index is 3.20. The Morgan fingerprint density at radius 3 is 2.64 bits per heavy atom. The monoisotopic (exact) mass is 233 g/mol. The molecule has 0 saturated heterocycles. The van der Waals surface area contributed by atoms with Crippen molar-refractivity contribution in [1.82, 2.24) is 0 Å². The number of hydrogen-bond acceptors (Lipinski definition) is 2. The van der Waals surface area contributed by atoms with E-state index in [0.29, 0.717) is 21.4 Å². The van der Waals surface area contributed by atoms with Crippen LogP contribution in [0.1, 0.15) is 11.5 Å². The molecule has 0 aromatic heterocycles. The van der Waals surface area contributed by atoms with Crippen LogP contribution < -0.4 is 4.74 Å². The molecule has 0 heterocycles.